The number of phenols is 1. The summed E-state index contributed by atoms with van der Waals surface area (Å²) < 4.78 is 5.99. The number of fused-ring (bicyclic) bond motifs is 1. The molecule has 116 valence electrons. The second-order valence-corrected chi connectivity index (χ2v) is 5.96. The van der Waals surface area contributed by atoms with Crippen LogP contribution in [0.4, 0.5) is 5.69 Å². The number of amides is 1. The molecule has 0 spiro atoms. The van der Waals surface area contributed by atoms with E-state index in [0.717, 1.165) is 15.2 Å². The highest BCUT2D eigenvalue weighted by molar-refractivity contribution is 9.10. The van der Waals surface area contributed by atoms with Gasteiger partial charge in [-0.25, -0.2) is 0 Å². The predicted octanol–water partition coefficient (Wildman–Crippen LogP) is 4.57. The van der Waals surface area contributed by atoms with Crippen LogP contribution in [0.25, 0.3) is 10.8 Å². The average Bonchev–Trinajstić information content (AvgIpc) is 2.55. The fraction of sp³-hybridized carbons (Fsp3) is 0.0556. The number of nitrogens with one attached hydrogen (secondary N) is 1. The van der Waals surface area contributed by atoms with Gasteiger partial charge >= 0.3 is 0 Å². The summed E-state index contributed by atoms with van der Waals surface area (Å²) in [5, 5.41) is 14.6. The fourth-order valence-corrected chi connectivity index (χ4v) is 2.69. The monoisotopic (exact) mass is 371 g/mol. The number of anilines is 1. The molecule has 3 aromatic carbocycles. The number of halogens is 1. The van der Waals surface area contributed by atoms with E-state index < -0.39 is 0 Å². The molecule has 0 aliphatic heterocycles. The third-order valence-corrected chi connectivity index (χ3v) is 4.00. The zero-order valence-electron chi connectivity index (χ0n) is 12.3. The van der Waals surface area contributed by atoms with Gasteiger partial charge in [0.05, 0.1) is 12.7 Å². The molecule has 0 aliphatic carbocycles. The Balaban J connectivity index is 1.91. The van der Waals surface area contributed by atoms with Crippen molar-refractivity contribution in [3.05, 3.63) is 64.6 Å². The molecule has 3 rings (SSSR count). The van der Waals surface area contributed by atoms with Crippen LogP contribution in [-0.4, -0.2) is 18.1 Å². The number of hydrogen-bond donors (Lipinski definition) is 2. The standard InChI is InChI=1S/C18H14BrNO3/c1-23-15-6-4-14(5-7-15)20-18(22)16-9-12-8-13(19)3-2-11(12)10-17(16)21/h2-10,21H,1H3,(H,20,22). The van der Waals surface area contributed by atoms with Crippen LogP contribution in [0.1, 0.15) is 10.4 Å². The number of benzene rings is 3. The van der Waals surface area contributed by atoms with Gasteiger partial charge in [-0.2, -0.15) is 0 Å². The van der Waals surface area contributed by atoms with E-state index >= 15 is 0 Å². The Labute approximate surface area is 141 Å². The van der Waals surface area contributed by atoms with Gasteiger partial charge in [-0.1, -0.05) is 22.0 Å². The van der Waals surface area contributed by atoms with Crippen molar-refractivity contribution in [2.24, 2.45) is 0 Å². The second-order valence-electron chi connectivity index (χ2n) is 5.04. The topological polar surface area (TPSA) is 58.6 Å². The van der Waals surface area contributed by atoms with Crippen molar-refractivity contribution in [1.82, 2.24) is 0 Å². The summed E-state index contributed by atoms with van der Waals surface area (Å²) in [7, 11) is 1.58. The first-order chi connectivity index (χ1) is 11.1. The fourth-order valence-electron chi connectivity index (χ4n) is 2.31. The van der Waals surface area contributed by atoms with Gasteiger partial charge in [0.15, 0.2) is 0 Å². The van der Waals surface area contributed by atoms with Crippen molar-refractivity contribution in [2.75, 3.05) is 12.4 Å². The van der Waals surface area contributed by atoms with Crippen LogP contribution in [0.2, 0.25) is 0 Å². The molecule has 23 heavy (non-hydrogen) atoms. The number of carbonyl (C=O) groups excluding carboxylic acids is 1. The van der Waals surface area contributed by atoms with Crippen molar-refractivity contribution < 1.29 is 14.6 Å². The molecule has 3 aromatic rings. The Morgan fingerprint density at radius 1 is 1.04 bits per heavy atom. The van der Waals surface area contributed by atoms with E-state index in [-0.39, 0.29) is 17.2 Å². The number of aromatic hydroxyl groups is 1. The first kappa shape index (κ1) is 15.4. The van der Waals surface area contributed by atoms with Crippen molar-refractivity contribution in [1.29, 1.82) is 0 Å². The molecule has 0 saturated heterocycles. The molecule has 0 fully saturated rings. The van der Waals surface area contributed by atoms with Gasteiger partial charge in [-0.05, 0) is 59.3 Å². The number of carbonyl (C=O) groups is 1. The van der Waals surface area contributed by atoms with Gasteiger partial charge in [0, 0.05) is 10.2 Å². The smallest absolute Gasteiger partial charge is 0.259 e. The predicted molar refractivity (Wildman–Crippen MR) is 94.3 cm³/mol. The lowest BCUT2D eigenvalue weighted by Gasteiger charge is -2.09. The molecular formula is C18H14BrNO3. The van der Waals surface area contributed by atoms with Gasteiger partial charge in [-0.3, -0.25) is 4.79 Å². The quantitative estimate of drug-likeness (QED) is 0.708. The Bertz CT molecular complexity index is 875. The minimum absolute atomic E-state index is 0.0502. The normalized spacial score (nSPS) is 10.5. The highest BCUT2D eigenvalue weighted by atomic mass is 79.9. The molecule has 2 N–H and O–H groups in total. The zero-order chi connectivity index (χ0) is 16.4. The number of phenolic OH excluding ortho intramolecular Hbond substituents is 1. The molecule has 0 heterocycles. The van der Waals surface area contributed by atoms with Gasteiger partial charge in [0.1, 0.15) is 11.5 Å². The van der Waals surface area contributed by atoms with Gasteiger partial charge in [0.25, 0.3) is 5.91 Å². The second kappa shape index (κ2) is 6.30. The van der Waals surface area contributed by atoms with E-state index in [1.807, 2.05) is 18.2 Å². The maximum absolute atomic E-state index is 12.4. The molecule has 0 radical (unpaired) electrons. The van der Waals surface area contributed by atoms with Gasteiger partial charge in [0.2, 0.25) is 0 Å². The molecule has 0 unspecified atom stereocenters. The van der Waals surface area contributed by atoms with Crippen LogP contribution in [0.3, 0.4) is 0 Å². The highest BCUT2D eigenvalue weighted by Gasteiger charge is 2.13. The first-order valence-electron chi connectivity index (χ1n) is 6.94. The van der Waals surface area contributed by atoms with Gasteiger partial charge < -0.3 is 15.2 Å². The maximum atomic E-state index is 12.4. The first-order valence-corrected chi connectivity index (χ1v) is 7.74. The SMILES string of the molecule is COc1ccc(NC(=O)c2cc3cc(Br)ccc3cc2O)cc1. The number of methoxy groups -OCH3 is 1. The van der Waals surface area contributed by atoms with Crippen LogP contribution in [0.15, 0.2) is 59.1 Å². The van der Waals surface area contributed by atoms with Crippen LogP contribution < -0.4 is 10.1 Å². The van der Waals surface area contributed by atoms with Crippen molar-refractivity contribution in [2.45, 2.75) is 0 Å². The Morgan fingerprint density at radius 3 is 2.48 bits per heavy atom. The molecule has 1 amide bonds. The number of rotatable bonds is 3. The lowest BCUT2D eigenvalue weighted by Crippen LogP contribution is -2.12. The van der Waals surface area contributed by atoms with E-state index in [0.29, 0.717) is 11.4 Å². The molecule has 0 bridgehead atoms. The summed E-state index contributed by atoms with van der Waals surface area (Å²) in [4.78, 5) is 12.4. The minimum Gasteiger partial charge on any atom is -0.507 e. The Kier molecular flexibility index (Phi) is 4.21. The highest BCUT2D eigenvalue weighted by Crippen LogP contribution is 2.28. The van der Waals surface area contributed by atoms with E-state index in [1.54, 1.807) is 43.5 Å². The third kappa shape index (κ3) is 3.29. The summed E-state index contributed by atoms with van der Waals surface area (Å²) in [6, 6.07) is 15.9. The maximum Gasteiger partial charge on any atom is 0.259 e. The third-order valence-electron chi connectivity index (χ3n) is 3.51. The lowest BCUT2D eigenvalue weighted by molar-refractivity contribution is 0.102. The van der Waals surface area contributed by atoms with Crippen molar-refractivity contribution >= 4 is 38.3 Å². The summed E-state index contributed by atoms with van der Waals surface area (Å²) in [6.45, 7) is 0. The molecule has 0 aliphatic rings. The molecule has 4 nitrogen and oxygen atoms in total. The van der Waals surface area contributed by atoms with E-state index in [4.69, 9.17) is 4.74 Å². The Morgan fingerprint density at radius 2 is 1.78 bits per heavy atom. The Hall–Kier alpha value is -2.53. The van der Waals surface area contributed by atoms with Crippen LogP contribution >= 0.6 is 15.9 Å². The summed E-state index contributed by atoms with van der Waals surface area (Å²) in [5.41, 5.74) is 0.857. The van der Waals surface area contributed by atoms with Crippen molar-refractivity contribution in [3.8, 4) is 11.5 Å². The molecular weight excluding hydrogens is 358 g/mol. The van der Waals surface area contributed by atoms with Crippen LogP contribution in [0, 0.1) is 0 Å². The largest absolute Gasteiger partial charge is 0.507 e. The van der Waals surface area contributed by atoms with Gasteiger partial charge in [-0.15, -0.1) is 0 Å². The van der Waals surface area contributed by atoms with Crippen LogP contribution in [0.5, 0.6) is 11.5 Å². The average molecular weight is 372 g/mol. The van der Waals surface area contributed by atoms with E-state index in [2.05, 4.69) is 21.2 Å². The summed E-state index contributed by atoms with van der Waals surface area (Å²) >= 11 is 3.40. The molecule has 0 saturated carbocycles. The summed E-state index contributed by atoms with van der Waals surface area (Å²) in [5.74, 6) is 0.293. The molecule has 5 heteroatoms. The van der Waals surface area contributed by atoms with Crippen molar-refractivity contribution in [3.63, 3.8) is 0 Å². The zero-order valence-corrected chi connectivity index (χ0v) is 13.9. The number of ether oxygens (including phenoxy) is 1. The van der Waals surface area contributed by atoms with Crippen LogP contribution in [-0.2, 0) is 0 Å². The molecule has 0 atom stereocenters. The molecule has 0 aromatic heterocycles. The van der Waals surface area contributed by atoms with E-state index in [1.165, 1.54) is 0 Å². The number of hydrogen-bond acceptors (Lipinski definition) is 3. The van der Waals surface area contributed by atoms with E-state index in [9.17, 15) is 9.90 Å². The summed E-state index contributed by atoms with van der Waals surface area (Å²) in [6.07, 6.45) is 0. The minimum atomic E-state index is -0.366. The lowest BCUT2D eigenvalue weighted by atomic mass is 10.1.